The molecule has 0 fully saturated rings. The van der Waals surface area contributed by atoms with Crippen LogP contribution in [0.3, 0.4) is 0 Å². The number of allylic oxidation sites excluding steroid dienone is 40. The van der Waals surface area contributed by atoms with E-state index < -0.39 is 97.5 Å². The quantitative estimate of drug-likeness (QED) is 0.0169. The maximum absolute atomic E-state index is 13.1. The predicted octanol–water partition coefficient (Wildman–Crippen LogP) is 24.8. The van der Waals surface area contributed by atoms with Crippen molar-refractivity contribution in [2.45, 2.75) is 277 Å². The van der Waals surface area contributed by atoms with Crippen molar-refractivity contribution in [1.82, 2.24) is 0 Å². The Balaban J connectivity index is 5.66. The molecule has 17 nitrogen and oxygen atoms in total. The molecule has 0 aliphatic rings. The van der Waals surface area contributed by atoms with Crippen molar-refractivity contribution in [3.8, 4) is 0 Å². The summed E-state index contributed by atoms with van der Waals surface area (Å²) in [5, 5.41) is 10.7. The number of ether oxygens (including phenoxy) is 4. The summed E-state index contributed by atoms with van der Waals surface area (Å²) in [5.41, 5.74) is 0. The van der Waals surface area contributed by atoms with E-state index in [-0.39, 0.29) is 25.7 Å². The first-order valence-corrected chi connectivity index (χ1v) is 44.3. The minimum absolute atomic E-state index is 0.0556. The summed E-state index contributed by atoms with van der Waals surface area (Å²) in [7, 11) is -10.1. The average Bonchev–Trinajstić information content (AvgIpc) is 0.898. The normalized spacial score (nSPS) is 15.0. The standard InChI is InChI=1S/C93H142O17P2/c1-5-9-13-17-21-25-29-33-37-41-43-47-51-55-59-63-67-71-75-79-92(97)109-88(83-103-90(95)77-73-69-65-61-57-53-49-45-39-35-31-27-23-19-15-11-7-3)85-107-111(99,100)105-81-87(94)82-106-112(101,102)108-86-89(84-104-91(96)78-74-70-66-62-58-54-50-46-40-36-32-28-24-20-16-12-8-4)110-93(98)80-76-72-68-64-60-56-52-48-44-42-38-34-30-26-22-18-14-10-6-2/h9-10,13-14,21-28,33-40,43-44,47-50,53-56,59-62,65-68,71-72,87-89,94H,5-8,11-12,15-20,29-32,41-42,45-46,51-52,57-58,63-64,69-70,73-86H2,1-4H3,(H,99,100)(H,101,102)/b13-9-,14-10-,25-21-,26-22-,27-23-,28-24-,37-33-,38-34-,39-35-,40-36-,47-43-,48-44-,53-49-,54-50-,59-55-,60-56-,65-61-,66-62-,71-67-,72-68-/t88-,89-/m1/s1. The lowest BCUT2D eigenvalue weighted by Crippen LogP contribution is -2.30. The zero-order valence-electron chi connectivity index (χ0n) is 68.5. The van der Waals surface area contributed by atoms with E-state index in [2.05, 4.69) is 210 Å². The summed E-state index contributed by atoms with van der Waals surface area (Å²) in [6.07, 6.45) is 108. The molecule has 0 amide bonds. The third kappa shape index (κ3) is 80.9. The molecule has 0 aliphatic heterocycles. The lowest BCUT2D eigenvalue weighted by molar-refractivity contribution is -0.161. The lowest BCUT2D eigenvalue weighted by Gasteiger charge is -2.21. The van der Waals surface area contributed by atoms with Gasteiger partial charge in [-0.15, -0.1) is 0 Å². The topological polar surface area (TPSA) is 237 Å². The average molecular weight is 1590 g/mol. The molecular weight excluding hydrogens is 1450 g/mol. The number of phosphoric ester groups is 2. The van der Waals surface area contributed by atoms with E-state index in [0.717, 1.165) is 116 Å². The fourth-order valence-electron chi connectivity index (χ4n) is 9.61. The van der Waals surface area contributed by atoms with Crippen LogP contribution in [0.5, 0.6) is 0 Å². The van der Waals surface area contributed by atoms with Gasteiger partial charge in [-0.3, -0.25) is 37.3 Å². The molecule has 0 rings (SSSR count). The van der Waals surface area contributed by atoms with Crippen molar-refractivity contribution in [2.75, 3.05) is 39.6 Å². The van der Waals surface area contributed by atoms with Crippen LogP contribution in [-0.4, -0.2) is 96.7 Å². The SMILES string of the molecule is CC/C=C\C/C=C\C/C=C\C/C=C\C/C=C\C/C=C\CCC(=O)O[C@H](COC(=O)CCC/C=C\C/C=C\C/C=C\C/C=C\CCCCC)COP(=O)(O)OCC(O)COP(=O)(O)OC[C@@H](COC(=O)CCC/C=C\C/C=C\C/C=C\C/C=C\CCCCC)OC(=O)CC/C=C\C/C=C\C/C=C\C/C=C\C/C=C\C/C=C\CC. The third-order valence-electron chi connectivity index (χ3n) is 15.8. The molecule has 112 heavy (non-hydrogen) atoms. The lowest BCUT2D eigenvalue weighted by atomic mass is 10.2. The Bertz CT molecular complexity index is 2880. The fraction of sp³-hybridized carbons (Fsp3) is 0.527. The van der Waals surface area contributed by atoms with Gasteiger partial charge >= 0.3 is 39.5 Å². The minimum atomic E-state index is -5.04. The van der Waals surface area contributed by atoms with E-state index in [9.17, 15) is 43.2 Å². The highest BCUT2D eigenvalue weighted by Crippen LogP contribution is 2.45. The maximum atomic E-state index is 13.1. The summed E-state index contributed by atoms with van der Waals surface area (Å²) in [4.78, 5) is 73.1. The van der Waals surface area contributed by atoms with Crippen LogP contribution in [0.2, 0.25) is 0 Å². The van der Waals surface area contributed by atoms with E-state index >= 15 is 0 Å². The highest BCUT2D eigenvalue weighted by atomic mass is 31.2. The number of esters is 4. The number of rotatable bonds is 74. The number of carbonyl (C=O) groups excluding carboxylic acids is 4. The van der Waals surface area contributed by atoms with Gasteiger partial charge in [0, 0.05) is 25.7 Å². The molecule has 0 aliphatic carbocycles. The first-order valence-electron chi connectivity index (χ1n) is 41.3. The molecule has 0 aromatic rings. The van der Waals surface area contributed by atoms with Crippen molar-refractivity contribution in [3.05, 3.63) is 243 Å². The molecule has 2 unspecified atom stereocenters. The van der Waals surface area contributed by atoms with E-state index in [1.165, 1.54) is 38.5 Å². The first kappa shape index (κ1) is 105. The van der Waals surface area contributed by atoms with Crippen LogP contribution in [-0.2, 0) is 65.4 Å². The Morgan fingerprint density at radius 1 is 0.259 bits per heavy atom. The number of hydrogen-bond donors (Lipinski definition) is 3. The zero-order valence-corrected chi connectivity index (χ0v) is 70.3. The molecule has 0 spiro atoms. The highest BCUT2D eigenvalue weighted by Gasteiger charge is 2.30. The molecule has 626 valence electrons. The second kappa shape index (κ2) is 81.9. The van der Waals surface area contributed by atoms with Crippen LogP contribution in [0, 0.1) is 0 Å². The van der Waals surface area contributed by atoms with Gasteiger partial charge in [-0.1, -0.05) is 296 Å². The minimum Gasteiger partial charge on any atom is -0.462 e. The van der Waals surface area contributed by atoms with Gasteiger partial charge < -0.3 is 33.8 Å². The van der Waals surface area contributed by atoms with Crippen LogP contribution in [0.4, 0.5) is 0 Å². The van der Waals surface area contributed by atoms with Crippen LogP contribution in [0.15, 0.2) is 243 Å². The first-order chi connectivity index (χ1) is 54.7. The number of unbranched alkanes of at least 4 members (excludes halogenated alkanes) is 8. The Morgan fingerprint density at radius 3 is 0.714 bits per heavy atom. The monoisotopic (exact) mass is 1590 g/mol. The predicted molar refractivity (Wildman–Crippen MR) is 463 cm³/mol. The van der Waals surface area contributed by atoms with Crippen LogP contribution >= 0.6 is 15.6 Å². The molecule has 0 aromatic heterocycles. The van der Waals surface area contributed by atoms with Gasteiger partial charge in [0.2, 0.25) is 0 Å². The largest absolute Gasteiger partial charge is 0.472 e. The van der Waals surface area contributed by atoms with Gasteiger partial charge in [-0.2, -0.15) is 0 Å². The molecule has 0 bridgehead atoms. The maximum Gasteiger partial charge on any atom is 0.472 e. The Kier molecular flexibility index (Phi) is 76.6. The van der Waals surface area contributed by atoms with Crippen LogP contribution in [0.25, 0.3) is 0 Å². The zero-order chi connectivity index (χ0) is 81.7. The summed E-state index contributed by atoms with van der Waals surface area (Å²) < 4.78 is 68.4. The van der Waals surface area contributed by atoms with Crippen LogP contribution in [0.1, 0.15) is 259 Å². The van der Waals surface area contributed by atoms with Crippen molar-refractivity contribution in [2.24, 2.45) is 0 Å². The van der Waals surface area contributed by atoms with Crippen LogP contribution < -0.4 is 0 Å². The fourth-order valence-corrected chi connectivity index (χ4v) is 11.2. The van der Waals surface area contributed by atoms with Crippen molar-refractivity contribution in [3.63, 3.8) is 0 Å². The molecule has 4 atom stereocenters. The Labute approximate surface area is 676 Å². The smallest absolute Gasteiger partial charge is 0.462 e. The molecule has 0 saturated heterocycles. The molecule has 19 heteroatoms. The van der Waals surface area contributed by atoms with Gasteiger partial charge in [0.15, 0.2) is 12.2 Å². The van der Waals surface area contributed by atoms with E-state index in [0.29, 0.717) is 51.4 Å². The third-order valence-corrected chi connectivity index (χ3v) is 17.7. The number of hydrogen-bond acceptors (Lipinski definition) is 15. The molecule has 3 N–H and O–H groups in total. The number of phosphoric acid groups is 2. The van der Waals surface area contributed by atoms with Crippen molar-refractivity contribution < 1.29 is 80.2 Å². The van der Waals surface area contributed by atoms with Gasteiger partial charge in [0.05, 0.1) is 26.4 Å². The molecule has 0 heterocycles. The van der Waals surface area contributed by atoms with Gasteiger partial charge in [-0.05, 0) is 180 Å². The van der Waals surface area contributed by atoms with Crippen molar-refractivity contribution in [1.29, 1.82) is 0 Å². The second-order valence-corrected chi connectivity index (χ2v) is 29.1. The number of carbonyl (C=O) groups is 4. The van der Waals surface area contributed by atoms with Gasteiger partial charge in [0.25, 0.3) is 0 Å². The summed E-state index contributed by atoms with van der Waals surface area (Å²) in [5.74, 6) is -2.54. The summed E-state index contributed by atoms with van der Waals surface area (Å²) in [6, 6.07) is 0. The number of aliphatic hydroxyl groups is 1. The molecule has 0 aromatic carbocycles. The summed E-state index contributed by atoms with van der Waals surface area (Å²) >= 11 is 0. The summed E-state index contributed by atoms with van der Waals surface area (Å²) in [6.45, 7) is 4.24. The van der Waals surface area contributed by atoms with Crippen molar-refractivity contribution >= 4 is 39.5 Å². The van der Waals surface area contributed by atoms with E-state index in [1.54, 1.807) is 0 Å². The number of aliphatic hydroxyl groups excluding tert-OH is 1. The van der Waals surface area contributed by atoms with E-state index in [1.807, 2.05) is 60.8 Å². The molecule has 0 radical (unpaired) electrons. The van der Waals surface area contributed by atoms with E-state index in [4.69, 9.17) is 37.0 Å². The Hall–Kier alpha value is -7.14. The second-order valence-electron chi connectivity index (χ2n) is 26.2. The Morgan fingerprint density at radius 2 is 0.473 bits per heavy atom. The molecule has 0 saturated carbocycles. The molecular formula is C93H142O17P2. The highest BCUT2D eigenvalue weighted by molar-refractivity contribution is 7.47. The van der Waals surface area contributed by atoms with Gasteiger partial charge in [-0.25, -0.2) is 9.13 Å². The van der Waals surface area contributed by atoms with Gasteiger partial charge in [0.1, 0.15) is 19.3 Å².